The maximum atomic E-state index is 11.6. The zero-order chi connectivity index (χ0) is 10.7. The number of nitrogens with one attached hydrogen (secondary N) is 1. The van der Waals surface area contributed by atoms with E-state index in [2.05, 4.69) is 26.2 Å². The van der Waals surface area contributed by atoms with Crippen molar-refractivity contribution in [3.05, 3.63) is 16.6 Å². The summed E-state index contributed by atoms with van der Waals surface area (Å²) in [7, 11) is 0. The molecular weight excluding hydrogens is 276 g/mol. The zero-order valence-electron chi connectivity index (χ0n) is 8.33. The Morgan fingerprint density at radius 2 is 2.47 bits per heavy atom. The minimum absolute atomic E-state index is 0.0444. The summed E-state index contributed by atoms with van der Waals surface area (Å²) >= 11 is 4.90. The first-order chi connectivity index (χ1) is 7.26. The lowest BCUT2D eigenvalue weighted by Gasteiger charge is -2.13. The summed E-state index contributed by atoms with van der Waals surface area (Å²) in [4.78, 5) is 15.6. The van der Waals surface area contributed by atoms with Crippen molar-refractivity contribution in [3.8, 4) is 0 Å². The van der Waals surface area contributed by atoms with Gasteiger partial charge in [0.1, 0.15) is 5.69 Å². The first kappa shape index (κ1) is 11.1. The van der Waals surface area contributed by atoms with Gasteiger partial charge in [-0.2, -0.15) is 0 Å². The number of alkyl halides is 1. The van der Waals surface area contributed by atoms with Crippen LogP contribution in [0.25, 0.3) is 0 Å². The predicted molar refractivity (Wildman–Crippen MR) is 64.5 cm³/mol. The van der Waals surface area contributed by atoms with Gasteiger partial charge >= 0.3 is 0 Å². The van der Waals surface area contributed by atoms with E-state index >= 15 is 0 Å². The van der Waals surface area contributed by atoms with E-state index in [4.69, 9.17) is 0 Å². The Balaban J connectivity index is 1.81. The van der Waals surface area contributed by atoms with Crippen LogP contribution in [-0.4, -0.2) is 22.8 Å². The molecule has 0 spiro atoms. The number of halogens is 1. The van der Waals surface area contributed by atoms with Gasteiger partial charge in [-0.25, -0.2) is 4.98 Å². The fourth-order valence-corrected chi connectivity index (χ4v) is 2.95. The molecule has 3 nitrogen and oxygen atoms in total. The summed E-state index contributed by atoms with van der Waals surface area (Å²) in [5.74, 6) is -0.0444. The van der Waals surface area contributed by atoms with Crippen LogP contribution in [0.1, 0.15) is 29.8 Å². The quantitative estimate of drug-likeness (QED) is 0.846. The van der Waals surface area contributed by atoms with Gasteiger partial charge in [-0.15, -0.1) is 11.3 Å². The number of amides is 1. The Hall–Kier alpha value is -0.420. The third-order valence-electron chi connectivity index (χ3n) is 2.87. The van der Waals surface area contributed by atoms with Crippen LogP contribution in [0.4, 0.5) is 0 Å². The van der Waals surface area contributed by atoms with Crippen LogP contribution in [0.2, 0.25) is 0 Å². The molecule has 1 amide bonds. The molecule has 0 atom stereocenters. The number of rotatable bonds is 5. The highest BCUT2D eigenvalue weighted by atomic mass is 79.9. The highest BCUT2D eigenvalue weighted by Crippen LogP contribution is 2.48. The van der Waals surface area contributed by atoms with Gasteiger partial charge in [-0.3, -0.25) is 4.79 Å². The Morgan fingerprint density at radius 3 is 3.00 bits per heavy atom. The summed E-state index contributed by atoms with van der Waals surface area (Å²) in [6.45, 7) is 0.787. The van der Waals surface area contributed by atoms with Crippen LogP contribution in [0.5, 0.6) is 0 Å². The minimum Gasteiger partial charge on any atom is -0.350 e. The molecule has 1 N–H and O–H groups in total. The average Bonchev–Trinajstić information content (AvgIpc) is 2.81. The predicted octanol–water partition coefficient (Wildman–Crippen LogP) is 2.44. The highest BCUT2D eigenvalue weighted by molar-refractivity contribution is 9.09. The minimum atomic E-state index is -0.0444. The molecule has 1 aliphatic carbocycles. The maximum absolute atomic E-state index is 11.6. The van der Waals surface area contributed by atoms with Crippen LogP contribution in [0.15, 0.2) is 10.9 Å². The third-order valence-corrected chi connectivity index (χ3v) is 3.85. The lowest BCUT2D eigenvalue weighted by atomic mass is 10.0. The molecule has 1 fully saturated rings. The Kier molecular flexibility index (Phi) is 3.41. The van der Waals surface area contributed by atoms with Crippen LogP contribution < -0.4 is 5.32 Å². The largest absolute Gasteiger partial charge is 0.350 e. The molecule has 0 radical (unpaired) electrons. The van der Waals surface area contributed by atoms with Gasteiger partial charge in [0.15, 0.2) is 0 Å². The van der Waals surface area contributed by atoms with Crippen molar-refractivity contribution in [1.29, 1.82) is 0 Å². The van der Waals surface area contributed by atoms with E-state index in [1.54, 1.807) is 10.9 Å². The molecule has 1 heterocycles. The highest BCUT2D eigenvalue weighted by Gasteiger charge is 2.41. The molecule has 1 saturated carbocycles. The van der Waals surface area contributed by atoms with Crippen molar-refractivity contribution in [1.82, 2.24) is 10.3 Å². The van der Waals surface area contributed by atoms with Crippen molar-refractivity contribution in [2.45, 2.75) is 19.3 Å². The normalized spacial score (nSPS) is 17.4. The van der Waals surface area contributed by atoms with Gasteiger partial charge in [0, 0.05) is 17.3 Å². The van der Waals surface area contributed by atoms with Crippen LogP contribution in [0.3, 0.4) is 0 Å². The van der Waals surface area contributed by atoms with Gasteiger partial charge in [0.25, 0.3) is 5.91 Å². The van der Waals surface area contributed by atoms with Crippen LogP contribution in [-0.2, 0) is 0 Å². The first-order valence-electron chi connectivity index (χ1n) is 4.98. The average molecular weight is 289 g/mol. The topological polar surface area (TPSA) is 42.0 Å². The molecular formula is C10H13BrN2OS. The van der Waals surface area contributed by atoms with Crippen molar-refractivity contribution in [3.63, 3.8) is 0 Å². The molecule has 2 rings (SSSR count). The maximum Gasteiger partial charge on any atom is 0.270 e. The zero-order valence-corrected chi connectivity index (χ0v) is 10.7. The van der Waals surface area contributed by atoms with E-state index in [-0.39, 0.29) is 5.91 Å². The summed E-state index contributed by atoms with van der Waals surface area (Å²) in [6, 6.07) is 0. The number of thiazole rings is 1. The molecule has 1 aromatic heterocycles. The lowest BCUT2D eigenvalue weighted by molar-refractivity contribution is 0.0940. The van der Waals surface area contributed by atoms with Crippen LogP contribution in [0, 0.1) is 5.41 Å². The number of nitrogens with zero attached hydrogens (tertiary/aromatic N) is 1. The molecule has 0 bridgehead atoms. The van der Waals surface area contributed by atoms with Crippen molar-refractivity contribution >= 4 is 33.2 Å². The SMILES string of the molecule is O=C(NCC1(CCBr)CC1)c1cscn1. The Bertz CT molecular complexity index is 335. The third kappa shape index (κ3) is 2.78. The number of carbonyl (C=O) groups excluding carboxylic acids is 1. The summed E-state index contributed by atoms with van der Waals surface area (Å²) in [5, 5.41) is 5.75. The van der Waals surface area contributed by atoms with E-state index < -0.39 is 0 Å². The van der Waals surface area contributed by atoms with Gasteiger partial charge in [0.2, 0.25) is 0 Å². The number of carbonyl (C=O) groups is 1. The molecule has 0 aromatic carbocycles. The van der Waals surface area contributed by atoms with E-state index in [0.29, 0.717) is 11.1 Å². The second-order valence-corrected chi connectivity index (χ2v) is 5.51. The lowest BCUT2D eigenvalue weighted by Crippen LogP contribution is -2.30. The fraction of sp³-hybridized carbons (Fsp3) is 0.600. The van der Waals surface area contributed by atoms with E-state index in [1.165, 1.54) is 24.2 Å². The number of aromatic nitrogens is 1. The smallest absolute Gasteiger partial charge is 0.270 e. The van der Waals surface area contributed by atoms with E-state index in [1.807, 2.05) is 0 Å². The molecule has 82 valence electrons. The second kappa shape index (κ2) is 4.61. The number of hydrogen-bond acceptors (Lipinski definition) is 3. The second-order valence-electron chi connectivity index (χ2n) is 4.00. The molecule has 0 unspecified atom stereocenters. The van der Waals surface area contributed by atoms with E-state index in [9.17, 15) is 4.79 Å². The van der Waals surface area contributed by atoms with Gasteiger partial charge < -0.3 is 5.32 Å². The summed E-state index contributed by atoms with van der Waals surface area (Å²) < 4.78 is 0. The Labute approximate surface area is 101 Å². The molecule has 0 aliphatic heterocycles. The van der Waals surface area contributed by atoms with Gasteiger partial charge in [-0.05, 0) is 24.7 Å². The molecule has 0 saturated heterocycles. The van der Waals surface area contributed by atoms with Crippen LogP contribution >= 0.6 is 27.3 Å². The van der Waals surface area contributed by atoms with Gasteiger partial charge in [0.05, 0.1) is 5.51 Å². The fourth-order valence-electron chi connectivity index (χ4n) is 1.58. The standard InChI is InChI=1S/C10H13BrN2OS/c11-4-3-10(1-2-10)6-12-9(14)8-5-15-7-13-8/h5,7H,1-4,6H2,(H,12,14). The molecule has 1 aromatic rings. The first-order valence-corrected chi connectivity index (χ1v) is 7.05. The van der Waals surface area contributed by atoms with Crippen molar-refractivity contribution < 1.29 is 4.79 Å². The summed E-state index contributed by atoms with van der Waals surface area (Å²) in [5.41, 5.74) is 2.59. The Morgan fingerprint density at radius 1 is 1.67 bits per heavy atom. The van der Waals surface area contributed by atoms with Crippen molar-refractivity contribution in [2.24, 2.45) is 5.41 Å². The monoisotopic (exact) mass is 288 g/mol. The summed E-state index contributed by atoms with van der Waals surface area (Å²) in [6.07, 6.45) is 3.61. The van der Waals surface area contributed by atoms with Crippen molar-refractivity contribution in [2.75, 3.05) is 11.9 Å². The molecule has 15 heavy (non-hydrogen) atoms. The number of hydrogen-bond donors (Lipinski definition) is 1. The molecule has 1 aliphatic rings. The van der Waals surface area contributed by atoms with E-state index in [0.717, 1.165) is 18.3 Å². The molecule has 5 heteroatoms. The van der Waals surface area contributed by atoms with Gasteiger partial charge in [-0.1, -0.05) is 15.9 Å².